The SMILES string of the molecule is C=CCc1cc(/C=C2/SC(=O)N(CC(=O)N3CCCCC3)C2=O)cc(OCC)c1OC. The second kappa shape index (κ2) is 10.5. The molecule has 0 N–H and O–H groups in total. The van der Waals surface area contributed by atoms with Crippen LogP contribution in [0.2, 0.25) is 0 Å². The Morgan fingerprint density at radius 1 is 1.23 bits per heavy atom. The van der Waals surface area contributed by atoms with Gasteiger partial charge in [-0.1, -0.05) is 6.08 Å². The van der Waals surface area contributed by atoms with Crippen LogP contribution in [0.15, 0.2) is 29.7 Å². The fourth-order valence-electron chi connectivity index (χ4n) is 3.73. The summed E-state index contributed by atoms with van der Waals surface area (Å²) in [6.45, 7) is 7.28. The van der Waals surface area contributed by atoms with E-state index >= 15 is 0 Å². The molecule has 0 atom stereocenters. The van der Waals surface area contributed by atoms with E-state index in [-0.39, 0.29) is 17.4 Å². The molecule has 3 rings (SSSR count). The monoisotopic (exact) mass is 444 g/mol. The second-order valence-corrected chi connectivity index (χ2v) is 8.34. The summed E-state index contributed by atoms with van der Waals surface area (Å²) < 4.78 is 11.2. The molecule has 2 saturated heterocycles. The fraction of sp³-hybridized carbons (Fsp3) is 0.435. The standard InChI is InChI=1S/C23H28N2O5S/c1-4-9-17-12-16(13-18(30-5-2)21(17)29-3)14-19-22(27)25(23(28)31-19)15-20(26)24-10-7-6-8-11-24/h4,12-14H,1,5-11,15H2,2-3H3/b19-14+. The van der Waals surface area contributed by atoms with Gasteiger partial charge in [0.05, 0.1) is 18.6 Å². The minimum atomic E-state index is -0.445. The van der Waals surface area contributed by atoms with E-state index in [1.165, 1.54) is 0 Å². The number of methoxy groups -OCH3 is 1. The smallest absolute Gasteiger partial charge is 0.294 e. The topological polar surface area (TPSA) is 76.2 Å². The van der Waals surface area contributed by atoms with E-state index in [9.17, 15) is 14.4 Å². The minimum absolute atomic E-state index is 0.181. The van der Waals surface area contributed by atoms with Gasteiger partial charge in [0.15, 0.2) is 11.5 Å². The number of thioether (sulfide) groups is 1. The van der Waals surface area contributed by atoms with Gasteiger partial charge in [-0.15, -0.1) is 6.58 Å². The lowest BCUT2D eigenvalue weighted by Gasteiger charge is -2.27. The maximum absolute atomic E-state index is 12.9. The molecule has 2 aliphatic rings. The Balaban J connectivity index is 1.83. The van der Waals surface area contributed by atoms with Crippen molar-refractivity contribution in [1.29, 1.82) is 0 Å². The van der Waals surface area contributed by atoms with E-state index in [0.29, 0.717) is 43.2 Å². The Kier molecular flexibility index (Phi) is 7.79. The van der Waals surface area contributed by atoms with E-state index in [0.717, 1.165) is 41.5 Å². The lowest BCUT2D eigenvalue weighted by Crippen LogP contribution is -2.44. The highest BCUT2D eigenvalue weighted by Gasteiger charge is 2.37. The van der Waals surface area contributed by atoms with Crippen molar-refractivity contribution in [3.05, 3.63) is 40.8 Å². The van der Waals surface area contributed by atoms with Gasteiger partial charge in [0.1, 0.15) is 6.54 Å². The zero-order valence-corrected chi connectivity index (χ0v) is 18.8. The number of allylic oxidation sites excluding steroid dienone is 1. The molecule has 8 heteroatoms. The highest BCUT2D eigenvalue weighted by molar-refractivity contribution is 8.18. The first-order valence-corrected chi connectivity index (χ1v) is 11.3. The number of benzene rings is 1. The Morgan fingerprint density at radius 3 is 2.61 bits per heavy atom. The Morgan fingerprint density at radius 2 is 1.97 bits per heavy atom. The van der Waals surface area contributed by atoms with Crippen LogP contribution in [0.4, 0.5) is 4.79 Å². The number of amides is 3. The summed E-state index contributed by atoms with van der Waals surface area (Å²) in [5, 5.41) is -0.425. The molecule has 2 fully saturated rings. The van der Waals surface area contributed by atoms with Gasteiger partial charge < -0.3 is 14.4 Å². The van der Waals surface area contributed by atoms with Crippen LogP contribution >= 0.6 is 11.8 Å². The van der Waals surface area contributed by atoms with E-state index in [1.54, 1.807) is 30.2 Å². The first kappa shape index (κ1) is 22.9. The summed E-state index contributed by atoms with van der Waals surface area (Å²) in [6, 6.07) is 3.66. The predicted molar refractivity (Wildman–Crippen MR) is 121 cm³/mol. The molecule has 7 nitrogen and oxygen atoms in total. The Bertz CT molecular complexity index is 905. The molecule has 0 radical (unpaired) electrons. The van der Waals surface area contributed by atoms with Gasteiger partial charge in [0, 0.05) is 18.7 Å². The van der Waals surface area contributed by atoms with Crippen LogP contribution in [0.3, 0.4) is 0 Å². The summed E-state index contributed by atoms with van der Waals surface area (Å²) in [6.07, 6.45) is 7.01. The van der Waals surface area contributed by atoms with Crippen LogP contribution in [0.1, 0.15) is 37.3 Å². The second-order valence-electron chi connectivity index (χ2n) is 7.35. The summed E-state index contributed by atoms with van der Waals surface area (Å²) in [7, 11) is 1.58. The normalized spacial score (nSPS) is 17.9. The maximum Gasteiger partial charge on any atom is 0.294 e. The number of imide groups is 1. The third kappa shape index (κ3) is 5.31. The molecule has 0 unspecified atom stereocenters. The summed E-state index contributed by atoms with van der Waals surface area (Å²) in [4.78, 5) is 40.9. The lowest BCUT2D eigenvalue weighted by molar-refractivity contribution is -0.136. The van der Waals surface area contributed by atoms with Gasteiger partial charge >= 0.3 is 0 Å². The highest BCUT2D eigenvalue weighted by Crippen LogP contribution is 2.37. The van der Waals surface area contributed by atoms with Gasteiger partial charge in [-0.2, -0.15) is 0 Å². The molecule has 31 heavy (non-hydrogen) atoms. The van der Waals surface area contributed by atoms with Gasteiger partial charge in [0.2, 0.25) is 5.91 Å². The molecular weight excluding hydrogens is 416 g/mol. The Hall–Kier alpha value is -2.74. The first-order valence-electron chi connectivity index (χ1n) is 10.5. The van der Waals surface area contributed by atoms with Crippen molar-refractivity contribution < 1.29 is 23.9 Å². The number of rotatable bonds is 8. The molecule has 1 aromatic carbocycles. The minimum Gasteiger partial charge on any atom is -0.493 e. The molecule has 166 valence electrons. The number of ether oxygens (including phenoxy) is 2. The molecule has 3 amide bonds. The van der Waals surface area contributed by atoms with Crippen molar-refractivity contribution in [2.24, 2.45) is 0 Å². The summed E-state index contributed by atoms with van der Waals surface area (Å²) in [5.41, 5.74) is 1.59. The van der Waals surface area contributed by atoms with Crippen LogP contribution in [-0.4, -0.2) is 60.2 Å². The van der Waals surface area contributed by atoms with Crippen LogP contribution < -0.4 is 9.47 Å². The third-order valence-electron chi connectivity index (χ3n) is 5.20. The van der Waals surface area contributed by atoms with Crippen LogP contribution in [0.5, 0.6) is 11.5 Å². The zero-order chi connectivity index (χ0) is 22.4. The lowest BCUT2D eigenvalue weighted by atomic mass is 10.0. The predicted octanol–water partition coefficient (Wildman–Crippen LogP) is 3.87. The van der Waals surface area contributed by atoms with Crippen molar-refractivity contribution >= 4 is 34.9 Å². The van der Waals surface area contributed by atoms with Crippen molar-refractivity contribution in [1.82, 2.24) is 9.80 Å². The summed E-state index contributed by atoms with van der Waals surface area (Å²) in [5.74, 6) is 0.563. The molecule has 0 spiro atoms. The number of hydrogen-bond donors (Lipinski definition) is 0. The van der Waals surface area contributed by atoms with E-state index in [2.05, 4.69) is 6.58 Å². The number of likely N-dealkylation sites (tertiary alicyclic amines) is 1. The fourth-order valence-corrected chi connectivity index (χ4v) is 4.57. The maximum atomic E-state index is 12.9. The highest BCUT2D eigenvalue weighted by atomic mass is 32.2. The molecule has 1 aromatic rings. The van der Waals surface area contributed by atoms with Gasteiger partial charge in [-0.05, 0) is 68.1 Å². The molecule has 0 aliphatic carbocycles. The van der Waals surface area contributed by atoms with Crippen molar-refractivity contribution in [2.75, 3.05) is 33.4 Å². The molecular formula is C23H28N2O5S. The van der Waals surface area contributed by atoms with Crippen LogP contribution in [-0.2, 0) is 16.0 Å². The van der Waals surface area contributed by atoms with Gasteiger partial charge in [-0.25, -0.2) is 0 Å². The van der Waals surface area contributed by atoms with E-state index < -0.39 is 11.1 Å². The largest absolute Gasteiger partial charge is 0.493 e. The first-order chi connectivity index (χ1) is 15.0. The van der Waals surface area contributed by atoms with E-state index in [4.69, 9.17) is 9.47 Å². The molecule has 2 aliphatic heterocycles. The summed E-state index contributed by atoms with van der Waals surface area (Å²) >= 11 is 0.849. The van der Waals surface area contributed by atoms with Crippen molar-refractivity contribution in [2.45, 2.75) is 32.6 Å². The van der Waals surface area contributed by atoms with Crippen LogP contribution in [0, 0.1) is 0 Å². The van der Waals surface area contributed by atoms with Gasteiger partial charge in [0.25, 0.3) is 11.1 Å². The number of piperidine rings is 1. The average Bonchev–Trinajstić information content (AvgIpc) is 3.02. The third-order valence-corrected chi connectivity index (χ3v) is 6.10. The quantitative estimate of drug-likeness (QED) is 0.448. The number of nitrogens with zero attached hydrogens (tertiary/aromatic N) is 2. The zero-order valence-electron chi connectivity index (χ0n) is 18.0. The Labute approximate surface area is 187 Å². The van der Waals surface area contributed by atoms with Crippen molar-refractivity contribution in [3.8, 4) is 11.5 Å². The molecule has 0 saturated carbocycles. The van der Waals surface area contributed by atoms with Gasteiger partial charge in [-0.3, -0.25) is 19.3 Å². The van der Waals surface area contributed by atoms with E-state index in [1.807, 2.05) is 13.0 Å². The number of carbonyl (C=O) groups excluding carboxylic acids is 3. The number of carbonyl (C=O) groups is 3. The average molecular weight is 445 g/mol. The molecule has 0 aromatic heterocycles. The molecule has 0 bridgehead atoms. The molecule has 2 heterocycles. The van der Waals surface area contributed by atoms with Crippen molar-refractivity contribution in [3.63, 3.8) is 0 Å². The van der Waals surface area contributed by atoms with Crippen LogP contribution in [0.25, 0.3) is 6.08 Å². The number of hydrogen-bond acceptors (Lipinski definition) is 6.